The quantitative estimate of drug-likeness (QED) is 0.726. The van der Waals surface area contributed by atoms with E-state index in [9.17, 15) is 9.59 Å². The fourth-order valence-electron chi connectivity index (χ4n) is 2.67. The summed E-state index contributed by atoms with van der Waals surface area (Å²) in [5.41, 5.74) is -0.488. The first-order valence-electron chi connectivity index (χ1n) is 6.97. The Morgan fingerprint density at radius 2 is 2.16 bits per heavy atom. The summed E-state index contributed by atoms with van der Waals surface area (Å²) in [5.74, 6) is -0.410. The molecule has 0 aromatic heterocycles. The summed E-state index contributed by atoms with van der Waals surface area (Å²) in [6.45, 7) is 7.60. The number of carbonyl (C=O) groups excluding carboxylic acids is 2. The predicted molar refractivity (Wildman–Crippen MR) is 69.5 cm³/mol. The predicted octanol–water partition coefficient (Wildman–Crippen LogP) is 1.36. The Morgan fingerprint density at radius 3 is 2.74 bits per heavy atom. The molecule has 19 heavy (non-hydrogen) atoms. The maximum absolute atomic E-state index is 12.3. The number of ether oxygens (including phenoxy) is 2. The first-order valence-corrected chi connectivity index (χ1v) is 6.97. The maximum Gasteiger partial charge on any atom is 0.307 e. The lowest BCUT2D eigenvalue weighted by Crippen LogP contribution is -2.38. The molecule has 2 aliphatic heterocycles. The van der Waals surface area contributed by atoms with E-state index >= 15 is 0 Å². The van der Waals surface area contributed by atoms with Crippen LogP contribution in [0, 0.1) is 5.92 Å². The van der Waals surface area contributed by atoms with Crippen molar-refractivity contribution in [1.82, 2.24) is 4.90 Å². The molecule has 2 saturated heterocycles. The second-order valence-corrected chi connectivity index (χ2v) is 6.33. The fourth-order valence-corrected chi connectivity index (χ4v) is 2.67. The van der Waals surface area contributed by atoms with Gasteiger partial charge in [-0.05, 0) is 33.6 Å². The molecule has 0 unspecified atom stereocenters. The Kier molecular flexibility index (Phi) is 4.13. The Balaban J connectivity index is 1.86. The summed E-state index contributed by atoms with van der Waals surface area (Å²) in [6, 6.07) is 0.205. The molecule has 0 spiro atoms. The average molecular weight is 269 g/mol. The molecule has 2 rings (SSSR count). The van der Waals surface area contributed by atoms with Crippen molar-refractivity contribution in [3.05, 3.63) is 0 Å². The Morgan fingerprint density at radius 1 is 1.42 bits per heavy atom. The number of likely N-dealkylation sites (tertiary alicyclic amines) is 1. The number of hydrogen-bond donors (Lipinski definition) is 0. The Hall–Kier alpha value is -1.10. The topological polar surface area (TPSA) is 55.8 Å². The lowest BCUT2D eigenvalue weighted by Gasteiger charge is -2.23. The molecule has 0 saturated carbocycles. The van der Waals surface area contributed by atoms with Gasteiger partial charge in [0.25, 0.3) is 0 Å². The standard InChI is InChI=1S/C14H23NO4/c1-14(2,3)19-12(16)8-10-4-6-15(13(10)17)11-5-7-18-9-11/h10-11H,4-9H2,1-3H3/t10-,11+/m1/s1. The SMILES string of the molecule is CC(C)(C)OC(=O)C[C@H]1CCN([C@H]2CCOC2)C1=O. The molecule has 0 aliphatic carbocycles. The molecule has 0 radical (unpaired) electrons. The molecule has 1 amide bonds. The van der Waals surface area contributed by atoms with Crippen LogP contribution < -0.4 is 0 Å². The number of carbonyl (C=O) groups is 2. The van der Waals surface area contributed by atoms with E-state index in [0.717, 1.165) is 26.0 Å². The van der Waals surface area contributed by atoms with Crippen LogP contribution >= 0.6 is 0 Å². The molecule has 2 aliphatic rings. The van der Waals surface area contributed by atoms with Crippen LogP contribution in [0.3, 0.4) is 0 Å². The third-order valence-electron chi connectivity index (χ3n) is 3.53. The summed E-state index contributed by atoms with van der Waals surface area (Å²) in [4.78, 5) is 25.9. The Bertz CT molecular complexity index is 355. The number of hydrogen-bond acceptors (Lipinski definition) is 4. The number of rotatable bonds is 3. The molecule has 0 N–H and O–H groups in total. The first kappa shape index (κ1) is 14.3. The van der Waals surface area contributed by atoms with E-state index < -0.39 is 5.60 Å². The summed E-state index contributed by atoms with van der Waals surface area (Å²) in [5, 5.41) is 0. The lowest BCUT2D eigenvalue weighted by atomic mass is 10.0. The van der Waals surface area contributed by atoms with Gasteiger partial charge in [-0.2, -0.15) is 0 Å². The van der Waals surface area contributed by atoms with Gasteiger partial charge in [-0.1, -0.05) is 0 Å². The van der Waals surface area contributed by atoms with E-state index in [1.807, 2.05) is 25.7 Å². The number of nitrogens with zero attached hydrogens (tertiary/aromatic N) is 1. The van der Waals surface area contributed by atoms with Gasteiger partial charge in [-0.25, -0.2) is 0 Å². The van der Waals surface area contributed by atoms with Crippen LogP contribution in [0.2, 0.25) is 0 Å². The van der Waals surface area contributed by atoms with E-state index in [4.69, 9.17) is 9.47 Å². The third kappa shape index (κ3) is 3.69. The van der Waals surface area contributed by atoms with Gasteiger partial charge in [-0.3, -0.25) is 9.59 Å². The lowest BCUT2D eigenvalue weighted by molar-refractivity contribution is -0.157. The first-order chi connectivity index (χ1) is 8.87. The van der Waals surface area contributed by atoms with Gasteiger partial charge in [0.15, 0.2) is 0 Å². The molecular formula is C14H23NO4. The van der Waals surface area contributed by atoms with Crippen molar-refractivity contribution in [1.29, 1.82) is 0 Å². The summed E-state index contributed by atoms with van der Waals surface area (Å²) >= 11 is 0. The highest BCUT2D eigenvalue weighted by atomic mass is 16.6. The second-order valence-electron chi connectivity index (χ2n) is 6.33. The van der Waals surface area contributed by atoms with Crippen molar-refractivity contribution in [3.63, 3.8) is 0 Å². The van der Waals surface area contributed by atoms with Crippen LogP contribution in [0.5, 0.6) is 0 Å². The summed E-state index contributed by atoms with van der Waals surface area (Å²) < 4.78 is 10.6. The van der Waals surface area contributed by atoms with E-state index in [1.54, 1.807) is 0 Å². The minimum absolute atomic E-state index is 0.0846. The molecule has 108 valence electrons. The molecular weight excluding hydrogens is 246 g/mol. The Labute approximate surface area is 114 Å². The van der Waals surface area contributed by atoms with Crippen LogP contribution in [-0.2, 0) is 19.1 Å². The van der Waals surface area contributed by atoms with Crippen LogP contribution in [-0.4, -0.2) is 48.2 Å². The van der Waals surface area contributed by atoms with E-state index in [1.165, 1.54) is 0 Å². The molecule has 0 aromatic rings. The zero-order chi connectivity index (χ0) is 14.0. The molecule has 2 heterocycles. The zero-order valence-electron chi connectivity index (χ0n) is 12.0. The normalized spacial score (nSPS) is 27.9. The van der Waals surface area contributed by atoms with Crippen LogP contribution in [0.15, 0.2) is 0 Å². The van der Waals surface area contributed by atoms with E-state index in [2.05, 4.69) is 0 Å². The van der Waals surface area contributed by atoms with Crippen LogP contribution in [0.1, 0.15) is 40.0 Å². The van der Waals surface area contributed by atoms with E-state index in [0.29, 0.717) is 6.61 Å². The van der Waals surface area contributed by atoms with Gasteiger partial charge >= 0.3 is 5.97 Å². The highest BCUT2D eigenvalue weighted by molar-refractivity contribution is 5.85. The van der Waals surface area contributed by atoms with Gasteiger partial charge in [-0.15, -0.1) is 0 Å². The smallest absolute Gasteiger partial charge is 0.307 e. The van der Waals surface area contributed by atoms with Gasteiger partial charge in [0.1, 0.15) is 5.60 Å². The molecule has 5 heteroatoms. The second kappa shape index (κ2) is 5.49. The van der Waals surface area contributed by atoms with Crippen molar-refractivity contribution >= 4 is 11.9 Å². The highest BCUT2D eigenvalue weighted by Gasteiger charge is 2.38. The highest BCUT2D eigenvalue weighted by Crippen LogP contribution is 2.27. The molecule has 0 bridgehead atoms. The number of amides is 1. The minimum Gasteiger partial charge on any atom is -0.460 e. The van der Waals surface area contributed by atoms with Crippen molar-refractivity contribution in [3.8, 4) is 0 Å². The fraction of sp³-hybridized carbons (Fsp3) is 0.857. The number of esters is 1. The largest absolute Gasteiger partial charge is 0.460 e. The monoisotopic (exact) mass is 269 g/mol. The molecule has 2 fully saturated rings. The van der Waals surface area contributed by atoms with Crippen LogP contribution in [0.25, 0.3) is 0 Å². The van der Waals surface area contributed by atoms with Crippen molar-refractivity contribution < 1.29 is 19.1 Å². The van der Waals surface area contributed by atoms with Crippen LogP contribution in [0.4, 0.5) is 0 Å². The molecule has 5 nitrogen and oxygen atoms in total. The summed E-state index contributed by atoms with van der Waals surface area (Å²) in [7, 11) is 0. The van der Waals surface area contributed by atoms with Crippen molar-refractivity contribution in [2.24, 2.45) is 5.92 Å². The van der Waals surface area contributed by atoms with Gasteiger partial charge in [0.2, 0.25) is 5.91 Å². The zero-order valence-corrected chi connectivity index (χ0v) is 12.0. The average Bonchev–Trinajstić information content (AvgIpc) is 2.87. The third-order valence-corrected chi connectivity index (χ3v) is 3.53. The summed E-state index contributed by atoms with van der Waals surface area (Å²) in [6.07, 6.45) is 1.85. The van der Waals surface area contributed by atoms with Gasteiger partial charge in [0.05, 0.1) is 25.0 Å². The van der Waals surface area contributed by atoms with E-state index in [-0.39, 0.29) is 30.3 Å². The maximum atomic E-state index is 12.3. The van der Waals surface area contributed by atoms with Gasteiger partial charge in [0, 0.05) is 13.2 Å². The van der Waals surface area contributed by atoms with Crippen molar-refractivity contribution in [2.75, 3.05) is 19.8 Å². The molecule has 0 aromatic carbocycles. The molecule has 2 atom stereocenters. The van der Waals surface area contributed by atoms with Gasteiger partial charge < -0.3 is 14.4 Å². The minimum atomic E-state index is -0.488. The van der Waals surface area contributed by atoms with Crippen molar-refractivity contribution in [2.45, 2.75) is 51.7 Å².